The number of esters is 1. The highest BCUT2D eigenvalue weighted by Crippen LogP contribution is 2.28. The van der Waals surface area contributed by atoms with Gasteiger partial charge < -0.3 is 14.8 Å². The van der Waals surface area contributed by atoms with E-state index in [0.717, 1.165) is 5.56 Å². The van der Waals surface area contributed by atoms with Gasteiger partial charge in [-0.15, -0.1) is 0 Å². The van der Waals surface area contributed by atoms with Gasteiger partial charge in [-0.05, 0) is 67.1 Å². The fourth-order valence-corrected chi connectivity index (χ4v) is 3.53. The van der Waals surface area contributed by atoms with Crippen molar-refractivity contribution in [3.8, 4) is 17.6 Å². The number of ether oxygens (including phenoxy) is 2. The third-order valence-corrected chi connectivity index (χ3v) is 5.43. The van der Waals surface area contributed by atoms with E-state index in [2.05, 4.69) is 21.2 Å². The number of nitriles is 1. The summed E-state index contributed by atoms with van der Waals surface area (Å²) in [6, 6.07) is 18.4. The molecule has 0 bridgehead atoms. The molecule has 0 aromatic heterocycles. The van der Waals surface area contributed by atoms with Crippen molar-refractivity contribution in [2.75, 3.05) is 12.4 Å². The molecule has 0 spiro atoms. The highest BCUT2D eigenvalue weighted by atomic mass is 79.9. The number of nitrogens with one attached hydrogen (secondary N) is 1. The first kappa shape index (κ1) is 24.1. The molecule has 0 radical (unpaired) electrons. The van der Waals surface area contributed by atoms with Crippen LogP contribution in [0.5, 0.6) is 11.5 Å². The predicted molar refractivity (Wildman–Crippen MR) is 131 cm³/mol. The van der Waals surface area contributed by atoms with E-state index in [1.807, 2.05) is 6.07 Å². The van der Waals surface area contributed by atoms with Crippen molar-refractivity contribution in [1.29, 1.82) is 5.26 Å². The van der Waals surface area contributed by atoms with Crippen LogP contribution in [0.15, 0.2) is 70.7 Å². The molecule has 0 aliphatic heterocycles. The van der Waals surface area contributed by atoms with Crippen LogP contribution >= 0.6 is 27.5 Å². The van der Waals surface area contributed by atoms with Crippen LogP contribution in [-0.2, 0) is 4.79 Å². The van der Waals surface area contributed by atoms with E-state index in [4.69, 9.17) is 21.1 Å². The Bertz CT molecular complexity index is 1260. The lowest BCUT2D eigenvalue weighted by molar-refractivity contribution is -0.112. The van der Waals surface area contributed by atoms with Crippen molar-refractivity contribution in [1.82, 2.24) is 0 Å². The van der Waals surface area contributed by atoms with Crippen LogP contribution in [0.3, 0.4) is 0 Å². The van der Waals surface area contributed by atoms with Crippen LogP contribution in [0, 0.1) is 18.3 Å². The molecule has 8 heteroatoms. The molecule has 0 aliphatic rings. The second-order valence-corrected chi connectivity index (χ2v) is 8.18. The number of hydrogen-bond acceptors (Lipinski definition) is 5. The second kappa shape index (κ2) is 10.8. The first-order valence-electron chi connectivity index (χ1n) is 9.66. The molecule has 1 amide bonds. The number of amides is 1. The maximum atomic E-state index is 12.8. The highest BCUT2D eigenvalue weighted by molar-refractivity contribution is 9.10. The van der Waals surface area contributed by atoms with E-state index in [-0.39, 0.29) is 11.3 Å². The minimum Gasteiger partial charge on any atom is -0.497 e. The molecule has 0 saturated heterocycles. The van der Waals surface area contributed by atoms with Crippen molar-refractivity contribution < 1.29 is 19.1 Å². The van der Waals surface area contributed by atoms with Gasteiger partial charge in [0.2, 0.25) is 0 Å². The van der Waals surface area contributed by atoms with Crippen LogP contribution in [0.4, 0.5) is 5.69 Å². The van der Waals surface area contributed by atoms with Gasteiger partial charge in [-0.3, -0.25) is 4.79 Å². The van der Waals surface area contributed by atoms with Gasteiger partial charge in [0, 0.05) is 10.0 Å². The van der Waals surface area contributed by atoms with E-state index >= 15 is 0 Å². The Morgan fingerprint density at radius 2 is 1.85 bits per heavy atom. The largest absolute Gasteiger partial charge is 0.497 e. The summed E-state index contributed by atoms with van der Waals surface area (Å²) in [4.78, 5) is 25.4. The zero-order chi connectivity index (χ0) is 24.0. The van der Waals surface area contributed by atoms with E-state index in [1.54, 1.807) is 67.6 Å². The van der Waals surface area contributed by atoms with Crippen LogP contribution < -0.4 is 14.8 Å². The van der Waals surface area contributed by atoms with Crippen molar-refractivity contribution in [3.05, 3.63) is 92.4 Å². The Labute approximate surface area is 204 Å². The third kappa shape index (κ3) is 6.01. The quantitative estimate of drug-likeness (QED) is 0.180. The molecule has 1 N–H and O–H groups in total. The van der Waals surface area contributed by atoms with Crippen molar-refractivity contribution in [2.45, 2.75) is 6.92 Å². The van der Waals surface area contributed by atoms with Crippen molar-refractivity contribution in [2.24, 2.45) is 0 Å². The number of nitrogens with zero attached hydrogens (tertiary/aromatic N) is 1. The average molecular weight is 526 g/mol. The van der Waals surface area contributed by atoms with Gasteiger partial charge in [-0.2, -0.15) is 5.26 Å². The van der Waals surface area contributed by atoms with Gasteiger partial charge in [-0.1, -0.05) is 39.7 Å². The topological polar surface area (TPSA) is 88.4 Å². The molecule has 0 heterocycles. The van der Waals surface area contributed by atoms with Crippen LogP contribution in [0.1, 0.15) is 21.5 Å². The number of anilines is 1. The summed E-state index contributed by atoms with van der Waals surface area (Å²) in [5, 5.41) is 12.6. The Morgan fingerprint density at radius 1 is 1.12 bits per heavy atom. The van der Waals surface area contributed by atoms with Gasteiger partial charge in [0.1, 0.15) is 23.1 Å². The molecule has 0 atom stereocenters. The van der Waals surface area contributed by atoms with Crippen LogP contribution in [0.25, 0.3) is 6.08 Å². The number of carbonyl (C=O) groups excluding carboxylic acids is 2. The minimum absolute atomic E-state index is 0.186. The summed E-state index contributed by atoms with van der Waals surface area (Å²) in [7, 11) is 1.53. The number of halogens is 2. The number of methoxy groups -OCH3 is 1. The average Bonchev–Trinajstić information content (AvgIpc) is 2.81. The summed E-state index contributed by atoms with van der Waals surface area (Å²) in [5.41, 5.74) is 1.68. The number of rotatable bonds is 6. The van der Waals surface area contributed by atoms with Gasteiger partial charge in [0.15, 0.2) is 0 Å². The second-order valence-electron chi connectivity index (χ2n) is 6.86. The Kier molecular flexibility index (Phi) is 7.88. The van der Waals surface area contributed by atoms with Gasteiger partial charge in [0.05, 0.1) is 23.4 Å². The lowest BCUT2D eigenvalue weighted by Crippen LogP contribution is -2.15. The number of para-hydroxylation sites is 1. The summed E-state index contributed by atoms with van der Waals surface area (Å²) in [6.45, 7) is 1.79. The Hall–Kier alpha value is -3.60. The summed E-state index contributed by atoms with van der Waals surface area (Å²) in [5.74, 6) is -0.434. The highest BCUT2D eigenvalue weighted by Gasteiger charge is 2.16. The summed E-state index contributed by atoms with van der Waals surface area (Å²) >= 11 is 9.53. The maximum absolute atomic E-state index is 12.8. The molecule has 33 heavy (non-hydrogen) atoms. The smallest absolute Gasteiger partial charge is 0.343 e. The predicted octanol–water partition coefficient (Wildman–Crippen LogP) is 6.18. The molecule has 0 fully saturated rings. The molecule has 6 nitrogen and oxygen atoms in total. The number of aryl methyl sites for hydroxylation is 1. The normalized spacial score (nSPS) is 10.8. The van der Waals surface area contributed by atoms with Crippen LogP contribution in [-0.4, -0.2) is 19.0 Å². The van der Waals surface area contributed by atoms with Gasteiger partial charge >= 0.3 is 5.97 Å². The summed E-state index contributed by atoms with van der Waals surface area (Å²) < 4.78 is 11.3. The number of carbonyl (C=O) groups is 2. The van der Waals surface area contributed by atoms with Gasteiger partial charge in [-0.25, -0.2) is 4.79 Å². The van der Waals surface area contributed by atoms with Gasteiger partial charge in [0.25, 0.3) is 5.91 Å². The zero-order valence-corrected chi connectivity index (χ0v) is 20.0. The first-order valence-corrected chi connectivity index (χ1v) is 10.8. The Balaban J connectivity index is 1.89. The van der Waals surface area contributed by atoms with E-state index in [9.17, 15) is 14.9 Å². The van der Waals surface area contributed by atoms with Crippen LogP contribution in [0.2, 0.25) is 5.02 Å². The molecule has 0 saturated carbocycles. The SMILES string of the molecule is COc1ccc(C(=O)Oc2ccc(Br)cc2/C=C(\C#N)C(=O)Nc2c(C)cccc2Cl)cc1. The molecule has 3 aromatic rings. The fourth-order valence-electron chi connectivity index (χ4n) is 2.89. The lowest BCUT2D eigenvalue weighted by atomic mass is 10.1. The molecule has 3 rings (SSSR count). The molecular formula is C25H18BrClN2O4. The minimum atomic E-state index is -0.638. The number of benzene rings is 3. The van der Waals surface area contributed by atoms with E-state index < -0.39 is 11.9 Å². The fraction of sp³-hybridized carbons (Fsp3) is 0.0800. The third-order valence-electron chi connectivity index (χ3n) is 4.63. The standard InChI is InChI=1S/C25H18BrClN2O4/c1-15-4-3-5-21(27)23(15)29-24(30)18(14-28)12-17-13-19(26)8-11-22(17)33-25(31)16-6-9-20(32-2)10-7-16/h3-13H,1-2H3,(H,29,30)/b18-12+. The van der Waals surface area contributed by atoms with E-state index in [1.165, 1.54) is 13.2 Å². The molecule has 0 unspecified atom stereocenters. The summed E-state index contributed by atoms with van der Waals surface area (Å²) in [6.07, 6.45) is 1.35. The maximum Gasteiger partial charge on any atom is 0.343 e. The van der Waals surface area contributed by atoms with Crippen molar-refractivity contribution >= 4 is 51.2 Å². The molecule has 166 valence electrons. The molecule has 3 aromatic carbocycles. The number of hydrogen-bond donors (Lipinski definition) is 1. The molecule has 0 aliphatic carbocycles. The van der Waals surface area contributed by atoms with E-state index in [0.29, 0.717) is 32.1 Å². The Morgan fingerprint density at radius 3 is 2.48 bits per heavy atom. The zero-order valence-electron chi connectivity index (χ0n) is 17.7. The molecular weight excluding hydrogens is 508 g/mol. The first-order chi connectivity index (χ1) is 15.8. The lowest BCUT2D eigenvalue weighted by Gasteiger charge is -2.11. The monoisotopic (exact) mass is 524 g/mol. The van der Waals surface area contributed by atoms with Crippen molar-refractivity contribution in [3.63, 3.8) is 0 Å².